The van der Waals surface area contributed by atoms with Crippen molar-refractivity contribution in [1.82, 2.24) is 0 Å². The summed E-state index contributed by atoms with van der Waals surface area (Å²) >= 11 is 1.71. The van der Waals surface area contributed by atoms with Crippen molar-refractivity contribution in [3.8, 4) is 0 Å². The van der Waals surface area contributed by atoms with Crippen molar-refractivity contribution in [3.63, 3.8) is 0 Å². The Morgan fingerprint density at radius 1 is 1.28 bits per heavy atom. The summed E-state index contributed by atoms with van der Waals surface area (Å²) in [7, 11) is 0. The fraction of sp³-hybridized carbons (Fsp3) is 0.600. The van der Waals surface area contributed by atoms with E-state index >= 15 is 0 Å². The molecule has 0 aromatic heterocycles. The molecule has 1 saturated carbocycles. The molecule has 0 heterocycles. The summed E-state index contributed by atoms with van der Waals surface area (Å²) in [5.74, 6) is 1.19. The molecule has 0 spiro atoms. The van der Waals surface area contributed by atoms with Crippen molar-refractivity contribution < 1.29 is 5.11 Å². The van der Waals surface area contributed by atoms with Gasteiger partial charge in [-0.25, -0.2) is 0 Å². The monoisotopic (exact) mass is 265 g/mol. The van der Waals surface area contributed by atoms with Crippen LogP contribution in [0.2, 0.25) is 0 Å². The summed E-state index contributed by atoms with van der Waals surface area (Å²) < 4.78 is 0. The second-order valence-corrected chi connectivity index (χ2v) is 6.79. The van der Waals surface area contributed by atoms with Gasteiger partial charge in [0.1, 0.15) is 0 Å². The summed E-state index contributed by atoms with van der Waals surface area (Å²) in [6, 6.07) is 8.75. The Morgan fingerprint density at radius 2 is 1.89 bits per heavy atom. The lowest BCUT2D eigenvalue weighted by Crippen LogP contribution is -2.36. The molecule has 18 heavy (non-hydrogen) atoms. The zero-order chi connectivity index (χ0) is 13.1. The summed E-state index contributed by atoms with van der Waals surface area (Å²) in [5.41, 5.74) is 7.53. The fourth-order valence-electron chi connectivity index (χ4n) is 2.13. The van der Waals surface area contributed by atoms with Gasteiger partial charge >= 0.3 is 0 Å². The first-order chi connectivity index (χ1) is 8.61. The molecule has 0 radical (unpaired) electrons. The average Bonchev–Trinajstić information content (AvgIpc) is 3.20. The number of aliphatic hydroxyl groups is 1. The lowest BCUT2D eigenvalue weighted by atomic mass is 10.0. The average molecular weight is 265 g/mol. The molecule has 2 atom stereocenters. The van der Waals surface area contributed by atoms with Crippen LogP contribution in [0.25, 0.3) is 0 Å². The third-order valence-corrected chi connectivity index (χ3v) is 4.92. The maximum Gasteiger partial charge on any atom is 0.0568 e. The van der Waals surface area contributed by atoms with E-state index in [4.69, 9.17) is 5.73 Å². The van der Waals surface area contributed by atoms with Crippen molar-refractivity contribution in [2.24, 2.45) is 11.7 Å². The van der Waals surface area contributed by atoms with E-state index in [1.165, 1.54) is 23.3 Å². The van der Waals surface area contributed by atoms with E-state index in [0.717, 1.165) is 0 Å². The second-order valence-electron chi connectivity index (χ2n) is 5.48. The molecule has 0 bridgehead atoms. The SMILES string of the molecule is CC(C)c1ccc(SC(CO)C(N)C2CC2)cc1. The van der Waals surface area contributed by atoms with Gasteiger partial charge in [0.05, 0.1) is 6.61 Å². The molecule has 0 aliphatic heterocycles. The molecule has 2 unspecified atom stereocenters. The van der Waals surface area contributed by atoms with E-state index in [-0.39, 0.29) is 17.9 Å². The summed E-state index contributed by atoms with van der Waals surface area (Å²) in [6.45, 7) is 4.55. The van der Waals surface area contributed by atoms with E-state index in [1.54, 1.807) is 11.8 Å². The van der Waals surface area contributed by atoms with Crippen molar-refractivity contribution in [1.29, 1.82) is 0 Å². The van der Waals surface area contributed by atoms with Crippen LogP contribution >= 0.6 is 11.8 Å². The number of aliphatic hydroxyl groups excluding tert-OH is 1. The topological polar surface area (TPSA) is 46.2 Å². The van der Waals surface area contributed by atoms with Crippen LogP contribution in [-0.4, -0.2) is 23.0 Å². The molecule has 1 fully saturated rings. The van der Waals surface area contributed by atoms with Crippen molar-refractivity contribution in [3.05, 3.63) is 29.8 Å². The Hall–Kier alpha value is -0.510. The van der Waals surface area contributed by atoms with Gasteiger partial charge in [0.2, 0.25) is 0 Å². The van der Waals surface area contributed by atoms with E-state index in [9.17, 15) is 5.11 Å². The minimum absolute atomic E-state index is 0.127. The first kappa shape index (κ1) is 13.9. The molecule has 100 valence electrons. The van der Waals surface area contributed by atoms with Gasteiger partial charge in [-0.05, 0) is 42.4 Å². The van der Waals surface area contributed by atoms with Gasteiger partial charge in [-0.2, -0.15) is 0 Å². The summed E-state index contributed by atoms with van der Waals surface area (Å²) in [5, 5.41) is 9.60. The van der Waals surface area contributed by atoms with E-state index < -0.39 is 0 Å². The smallest absolute Gasteiger partial charge is 0.0568 e. The van der Waals surface area contributed by atoms with Crippen LogP contribution in [0.3, 0.4) is 0 Å². The van der Waals surface area contributed by atoms with Crippen LogP contribution in [0.4, 0.5) is 0 Å². The Labute approximate surface area is 114 Å². The van der Waals surface area contributed by atoms with E-state index in [2.05, 4.69) is 38.1 Å². The first-order valence-electron chi connectivity index (χ1n) is 6.75. The van der Waals surface area contributed by atoms with Crippen LogP contribution in [-0.2, 0) is 0 Å². The highest BCUT2D eigenvalue weighted by atomic mass is 32.2. The predicted octanol–water partition coefficient (Wildman–Crippen LogP) is 3.00. The number of hydrogen-bond donors (Lipinski definition) is 2. The van der Waals surface area contributed by atoms with Crippen LogP contribution in [0.5, 0.6) is 0 Å². The Morgan fingerprint density at radius 3 is 2.33 bits per heavy atom. The van der Waals surface area contributed by atoms with Crippen molar-refractivity contribution >= 4 is 11.8 Å². The van der Waals surface area contributed by atoms with Gasteiger partial charge in [-0.3, -0.25) is 0 Å². The maximum atomic E-state index is 9.48. The number of nitrogens with two attached hydrogens (primary N) is 1. The molecule has 1 aromatic rings. The second kappa shape index (κ2) is 6.09. The largest absolute Gasteiger partial charge is 0.395 e. The van der Waals surface area contributed by atoms with Gasteiger partial charge in [0.15, 0.2) is 0 Å². The van der Waals surface area contributed by atoms with Crippen molar-refractivity contribution in [2.75, 3.05) is 6.61 Å². The summed E-state index contributed by atoms with van der Waals surface area (Å²) in [4.78, 5) is 1.20. The third-order valence-electron chi connectivity index (χ3n) is 3.61. The highest BCUT2D eigenvalue weighted by Gasteiger charge is 2.34. The summed E-state index contributed by atoms with van der Waals surface area (Å²) in [6.07, 6.45) is 2.45. The van der Waals surface area contributed by atoms with Crippen LogP contribution in [0.1, 0.15) is 38.2 Å². The van der Waals surface area contributed by atoms with E-state index in [1.807, 2.05) is 0 Å². The fourth-order valence-corrected chi connectivity index (χ4v) is 3.23. The molecule has 1 aliphatic rings. The minimum Gasteiger partial charge on any atom is -0.395 e. The highest BCUT2D eigenvalue weighted by molar-refractivity contribution is 8.00. The van der Waals surface area contributed by atoms with Crippen LogP contribution in [0, 0.1) is 5.92 Å². The Balaban J connectivity index is 1.98. The zero-order valence-electron chi connectivity index (χ0n) is 11.2. The first-order valence-corrected chi connectivity index (χ1v) is 7.63. The van der Waals surface area contributed by atoms with Crippen molar-refractivity contribution in [2.45, 2.75) is 48.8 Å². The normalized spacial score (nSPS) is 18.9. The molecular weight excluding hydrogens is 242 g/mol. The van der Waals surface area contributed by atoms with Gasteiger partial charge in [0.25, 0.3) is 0 Å². The van der Waals surface area contributed by atoms with Gasteiger partial charge in [0, 0.05) is 16.2 Å². The predicted molar refractivity (Wildman–Crippen MR) is 78.0 cm³/mol. The molecule has 1 aromatic carbocycles. The standard InChI is InChI=1S/C15H23NOS/c1-10(2)11-5-7-13(8-6-11)18-14(9-17)15(16)12-3-4-12/h5-8,10,12,14-15,17H,3-4,9,16H2,1-2H3. The Kier molecular flexibility index (Phi) is 4.71. The lowest BCUT2D eigenvalue weighted by molar-refractivity contribution is 0.277. The number of thioether (sulfide) groups is 1. The molecular formula is C15H23NOS. The molecule has 3 N–H and O–H groups in total. The van der Waals surface area contributed by atoms with Gasteiger partial charge in [-0.1, -0.05) is 26.0 Å². The number of rotatable bonds is 6. The number of hydrogen-bond acceptors (Lipinski definition) is 3. The molecule has 3 heteroatoms. The molecule has 2 nitrogen and oxygen atoms in total. The quantitative estimate of drug-likeness (QED) is 0.777. The highest BCUT2D eigenvalue weighted by Crippen LogP contribution is 2.37. The molecule has 0 saturated heterocycles. The number of benzene rings is 1. The van der Waals surface area contributed by atoms with Crippen LogP contribution < -0.4 is 5.73 Å². The van der Waals surface area contributed by atoms with Crippen LogP contribution in [0.15, 0.2) is 29.2 Å². The third kappa shape index (κ3) is 3.50. The molecule has 2 rings (SSSR count). The van der Waals surface area contributed by atoms with Gasteiger partial charge in [-0.15, -0.1) is 11.8 Å². The lowest BCUT2D eigenvalue weighted by Gasteiger charge is -2.21. The Bertz CT molecular complexity index is 373. The van der Waals surface area contributed by atoms with E-state index in [0.29, 0.717) is 11.8 Å². The molecule has 1 aliphatic carbocycles. The van der Waals surface area contributed by atoms with Gasteiger partial charge < -0.3 is 10.8 Å². The minimum atomic E-state index is 0.127. The zero-order valence-corrected chi connectivity index (χ0v) is 12.0. The molecule has 0 amide bonds. The maximum absolute atomic E-state index is 9.48.